The van der Waals surface area contributed by atoms with Crippen LogP contribution in [0.2, 0.25) is 5.02 Å². The molecule has 2 fully saturated rings. The summed E-state index contributed by atoms with van der Waals surface area (Å²) in [6.45, 7) is 1.63. The quantitative estimate of drug-likeness (QED) is 0.838. The van der Waals surface area contributed by atoms with Crippen molar-refractivity contribution in [2.45, 2.75) is 44.6 Å². The highest BCUT2D eigenvalue weighted by atomic mass is 35.5. The van der Waals surface area contributed by atoms with Crippen LogP contribution in [-0.4, -0.2) is 40.1 Å². The molecule has 5 nitrogen and oxygen atoms in total. The van der Waals surface area contributed by atoms with Crippen molar-refractivity contribution in [2.75, 3.05) is 18.4 Å². The van der Waals surface area contributed by atoms with E-state index < -0.39 is 0 Å². The van der Waals surface area contributed by atoms with E-state index in [0.29, 0.717) is 5.91 Å². The second kappa shape index (κ2) is 7.92. The summed E-state index contributed by atoms with van der Waals surface area (Å²) < 4.78 is 0. The molecule has 1 N–H and O–H groups in total. The Morgan fingerprint density at radius 1 is 1.19 bits per heavy atom. The van der Waals surface area contributed by atoms with E-state index in [1.165, 1.54) is 18.4 Å². The van der Waals surface area contributed by atoms with Crippen molar-refractivity contribution in [2.24, 2.45) is 5.92 Å². The van der Waals surface area contributed by atoms with Gasteiger partial charge in [0, 0.05) is 36.5 Å². The molecule has 138 valence electrons. The van der Waals surface area contributed by atoms with E-state index in [9.17, 15) is 4.79 Å². The maximum Gasteiger partial charge on any atom is 0.225 e. The van der Waals surface area contributed by atoms with Crippen LogP contribution in [0.1, 0.15) is 42.7 Å². The van der Waals surface area contributed by atoms with Crippen LogP contribution in [-0.2, 0) is 11.2 Å². The van der Waals surface area contributed by atoms with E-state index in [4.69, 9.17) is 11.6 Å². The Bertz CT molecular complexity index is 757. The number of carbonyl (C=O) groups excluding carboxylic acids is 1. The second-order valence-electron chi connectivity index (χ2n) is 7.20. The van der Waals surface area contributed by atoms with E-state index in [1.54, 1.807) is 11.3 Å². The number of aromatic nitrogens is 2. The maximum atomic E-state index is 12.5. The molecule has 26 heavy (non-hydrogen) atoms. The third-order valence-electron chi connectivity index (χ3n) is 5.27. The molecule has 7 heteroatoms. The number of likely N-dealkylation sites (tertiary alicyclic amines) is 1. The average Bonchev–Trinajstić information content (AvgIpc) is 3.39. The van der Waals surface area contributed by atoms with Crippen molar-refractivity contribution in [3.05, 3.63) is 39.9 Å². The molecule has 1 amide bonds. The van der Waals surface area contributed by atoms with Crippen LogP contribution in [0.5, 0.6) is 0 Å². The van der Waals surface area contributed by atoms with Gasteiger partial charge in [-0.1, -0.05) is 47.9 Å². The van der Waals surface area contributed by atoms with Crippen molar-refractivity contribution >= 4 is 34.0 Å². The molecule has 1 aromatic carbocycles. The van der Waals surface area contributed by atoms with Crippen LogP contribution >= 0.6 is 22.9 Å². The van der Waals surface area contributed by atoms with Gasteiger partial charge >= 0.3 is 0 Å². The van der Waals surface area contributed by atoms with Gasteiger partial charge in [0.25, 0.3) is 0 Å². The van der Waals surface area contributed by atoms with Gasteiger partial charge in [0.15, 0.2) is 0 Å². The SMILES string of the molecule is O=C(C1CCCC1)N1CCC(Nc2nnc(Cc3ccc(Cl)cc3)s2)C1. The van der Waals surface area contributed by atoms with Crippen LogP contribution in [0.4, 0.5) is 5.13 Å². The zero-order chi connectivity index (χ0) is 17.9. The molecule has 0 bridgehead atoms. The Hall–Kier alpha value is -1.66. The van der Waals surface area contributed by atoms with E-state index in [0.717, 1.165) is 53.9 Å². The van der Waals surface area contributed by atoms with E-state index >= 15 is 0 Å². The number of anilines is 1. The molecule has 2 aromatic rings. The summed E-state index contributed by atoms with van der Waals surface area (Å²) in [6.07, 6.45) is 6.27. The van der Waals surface area contributed by atoms with Gasteiger partial charge in [0.2, 0.25) is 11.0 Å². The molecule has 2 heterocycles. The predicted molar refractivity (Wildman–Crippen MR) is 105 cm³/mol. The number of carbonyl (C=O) groups is 1. The van der Waals surface area contributed by atoms with Gasteiger partial charge < -0.3 is 10.2 Å². The minimum absolute atomic E-state index is 0.265. The first kappa shape index (κ1) is 17.7. The zero-order valence-corrected chi connectivity index (χ0v) is 16.2. The van der Waals surface area contributed by atoms with Gasteiger partial charge in [-0.15, -0.1) is 10.2 Å². The Labute approximate surface area is 162 Å². The van der Waals surface area contributed by atoms with Gasteiger partial charge in [-0.2, -0.15) is 0 Å². The highest BCUT2D eigenvalue weighted by Crippen LogP contribution is 2.28. The lowest BCUT2D eigenvalue weighted by atomic mass is 10.1. The van der Waals surface area contributed by atoms with Crippen LogP contribution in [0.3, 0.4) is 0 Å². The van der Waals surface area contributed by atoms with E-state index in [-0.39, 0.29) is 12.0 Å². The highest BCUT2D eigenvalue weighted by molar-refractivity contribution is 7.15. The van der Waals surface area contributed by atoms with Crippen molar-refractivity contribution in [1.82, 2.24) is 15.1 Å². The minimum Gasteiger partial charge on any atom is -0.355 e. The molecule has 1 unspecified atom stereocenters. The molecule has 1 saturated heterocycles. The number of nitrogens with zero attached hydrogens (tertiary/aromatic N) is 3. The van der Waals surface area contributed by atoms with Gasteiger partial charge in [-0.25, -0.2) is 0 Å². The Balaban J connectivity index is 1.30. The van der Waals surface area contributed by atoms with Gasteiger partial charge in [0.05, 0.1) is 0 Å². The normalized spacial score (nSPS) is 20.7. The van der Waals surface area contributed by atoms with Crippen molar-refractivity contribution in [3.63, 3.8) is 0 Å². The lowest BCUT2D eigenvalue weighted by Crippen LogP contribution is -2.35. The van der Waals surface area contributed by atoms with Gasteiger partial charge in [0.1, 0.15) is 5.01 Å². The fourth-order valence-electron chi connectivity index (χ4n) is 3.84. The molecule has 1 atom stereocenters. The maximum absolute atomic E-state index is 12.5. The lowest BCUT2D eigenvalue weighted by molar-refractivity contribution is -0.134. The van der Waals surface area contributed by atoms with Crippen LogP contribution in [0, 0.1) is 5.92 Å². The number of halogens is 1. The van der Waals surface area contributed by atoms with Crippen LogP contribution in [0.25, 0.3) is 0 Å². The smallest absolute Gasteiger partial charge is 0.225 e. The average molecular weight is 391 g/mol. The number of amides is 1. The molecular weight excluding hydrogens is 368 g/mol. The molecule has 0 radical (unpaired) electrons. The van der Waals surface area contributed by atoms with E-state index in [1.807, 2.05) is 29.2 Å². The number of benzene rings is 1. The third-order valence-corrected chi connectivity index (χ3v) is 6.37. The fraction of sp³-hybridized carbons (Fsp3) is 0.526. The Morgan fingerprint density at radius 2 is 1.96 bits per heavy atom. The molecule has 4 rings (SSSR count). The first-order chi connectivity index (χ1) is 12.7. The standard InChI is InChI=1S/C19H23ClN4OS/c20-15-7-5-13(6-8-15)11-17-22-23-19(26-17)21-16-9-10-24(12-16)18(25)14-3-1-2-4-14/h5-8,14,16H,1-4,9-12H2,(H,21,23). The first-order valence-electron chi connectivity index (χ1n) is 9.29. The number of nitrogens with one attached hydrogen (secondary N) is 1. The molecule has 1 aromatic heterocycles. The first-order valence-corrected chi connectivity index (χ1v) is 10.5. The Morgan fingerprint density at radius 3 is 2.73 bits per heavy atom. The lowest BCUT2D eigenvalue weighted by Gasteiger charge is -2.20. The fourth-order valence-corrected chi connectivity index (χ4v) is 4.82. The van der Waals surface area contributed by atoms with Crippen molar-refractivity contribution in [1.29, 1.82) is 0 Å². The molecular formula is C19H23ClN4OS. The molecule has 1 saturated carbocycles. The number of hydrogen-bond acceptors (Lipinski definition) is 5. The summed E-state index contributed by atoms with van der Waals surface area (Å²) in [5.74, 6) is 0.619. The molecule has 1 aliphatic carbocycles. The van der Waals surface area contributed by atoms with E-state index in [2.05, 4.69) is 15.5 Å². The number of rotatable bonds is 5. The monoisotopic (exact) mass is 390 g/mol. The summed E-state index contributed by atoms with van der Waals surface area (Å²) in [7, 11) is 0. The van der Waals surface area contributed by atoms with Crippen LogP contribution < -0.4 is 5.32 Å². The summed E-state index contributed by atoms with van der Waals surface area (Å²) in [6, 6.07) is 8.09. The number of hydrogen-bond donors (Lipinski definition) is 1. The summed E-state index contributed by atoms with van der Waals surface area (Å²) >= 11 is 7.51. The minimum atomic E-state index is 0.265. The second-order valence-corrected chi connectivity index (χ2v) is 8.70. The zero-order valence-electron chi connectivity index (χ0n) is 14.7. The summed E-state index contributed by atoms with van der Waals surface area (Å²) in [5, 5.41) is 14.6. The van der Waals surface area contributed by atoms with Gasteiger partial charge in [-0.05, 0) is 37.0 Å². The summed E-state index contributed by atoms with van der Waals surface area (Å²) in [5.41, 5.74) is 1.17. The van der Waals surface area contributed by atoms with Gasteiger partial charge in [-0.3, -0.25) is 4.79 Å². The van der Waals surface area contributed by atoms with Crippen molar-refractivity contribution < 1.29 is 4.79 Å². The predicted octanol–water partition coefficient (Wildman–Crippen LogP) is 3.99. The highest BCUT2D eigenvalue weighted by Gasteiger charge is 2.32. The topological polar surface area (TPSA) is 58.1 Å². The largest absolute Gasteiger partial charge is 0.355 e. The van der Waals surface area contributed by atoms with Crippen molar-refractivity contribution in [3.8, 4) is 0 Å². The molecule has 1 aliphatic heterocycles. The van der Waals surface area contributed by atoms with Crippen LogP contribution in [0.15, 0.2) is 24.3 Å². The summed E-state index contributed by atoms with van der Waals surface area (Å²) in [4.78, 5) is 14.6. The third kappa shape index (κ3) is 4.18. The molecule has 2 aliphatic rings. The Kier molecular flexibility index (Phi) is 5.41. The molecule has 0 spiro atoms.